The number of tetrazole rings is 1. The average molecular weight is 497 g/mol. The Balaban J connectivity index is 1.73. The summed E-state index contributed by atoms with van der Waals surface area (Å²) in [7, 11) is 3.15. The van der Waals surface area contributed by atoms with Gasteiger partial charge in [0.2, 0.25) is 11.1 Å². The van der Waals surface area contributed by atoms with E-state index in [0.717, 1.165) is 9.26 Å². The van der Waals surface area contributed by atoms with Crippen molar-refractivity contribution in [3.8, 4) is 17.2 Å². The quantitative estimate of drug-likeness (QED) is 0.397. The second-order valence-electron chi connectivity index (χ2n) is 5.26. The van der Waals surface area contributed by atoms with Crippen LogP contribution in [0.25, 0.3) is 5.69 Å². The van der Waals surface area contributed by atoms with Gasteiger partial charge < -0.3 is 14.8 Å². The van der Waals surface area contributed by atoms with Crippen LogP contribution < -0.4 is 14.8 Å². The lowest BCUT2D eigenvalue weighted by atomic mass is 10.3. The molecule has 0 unspecified atom stereocenters. The van der Waals surface area contributed by atoms with Crippen LogP contribution in [0.4, 0.5) is 5.69 Å². The molecule has 1 aromatic heterocycles. The maximum absolute atomic E-state index is 12.2. The third-order valence-corrected chi connectivity index (χ3v) is 5.09. The van der Waals surface area contributed by atoms with Crippen molar-refractivity contribution >= 4 is 45.9 Å². The highest BCUT2D eigenvalue weighted by molar-refractivity contribution is 14.1. The molecule has 140 valence electrons. The number of aromatic nitrogens is 4. The molecule has 27 heavy (non-hydrogen) atoms. The van der Waals surface area contributed by atoms with E-state index in [-0.39, 0.29) is 11.7 Å². The van der Waals surface area contributed by atoms with Crippen LogP contribution in [0, 0.1) is 3.57 Å². The van der Waals surface area contributed by atoms with Crippen molar-refractivity contribution in [1.29, 1.82) is 0 Å². The van der Waals surface area contributed by atoms with Crippen molar-refractivity contribution < 1.29 is 14.3 Å². The Hall–Kier alpha value is -2.34. The van der Waals surface area contributed by atoms with Gasteiger partial charge in [-0.1, -0.05) is 17.8 Å². The zero-order valence-electron chi connectivity index (χ0n) is 14.5. The van der Waals surface area contributed by atoms with Gasteiger partial charge in [-0.25, -0.2) is 0 Å². The molecule has 3 rings (SSSR count). The zero-order chi connectivity index (χ0) is 19.2. The minimum Gasteiger partial charge on any atom is -0.497 e. The molecule has 0 radical (unpaired) electrons. The lowest BCUT2D eigenvalue weighted by Crippen LogP contribution is -2.14. The summed E-state index contributed by atoms with van der Waals surface area (Å²) in [5.74, 6) is 1.26. The average Bonchev–Trinajstić information content (AvgIpc) is 3.14. The number of carbonyl (C=O) groups is 1. The summed E-state index contributed by atoms with van der Waals surface area (Å²) in [5, 5.41) is 15.1. The lowest BCUT2D eigenvalue weighted by molar-refractivity contribution is -0.113. The molecule has 10 heteroatoms. The van der Waals surface area contributed by atoms with Gasteiger partial charge in [-0.05, 0) is 63.3 Å². The van der Waals surface area contributed by atoms with E-state index >= 15 is 0 Å². The first-order chi connectivity index (χ1) is 13.1. The molecule has 0 spiro atoms. The van der Waals surface area contributed by atoms with Gasteiger partial charge in [0.25, 0.3) is 0 Å². The van der Waals surface area contributed by atoms with Gasteiger partial charge >= 0.3 is 0 Å². The number of benzene rings is 2. The summed E-state index contributed by atoms with van der Waals surface area (Å²) in [6.07, 6.45) is 0. The van der Waals surface area contributed by atoms with Crippen LogP contribution in [0.15, 0.2) is 47.6 Å². The molecular weight excluding hydrogens is 481 g/mol. The van der Waals surface area contributed by atoms with Crippen molar-refractivity contribution in [3.63, 3.8) is 0 Å². The number of thioether (sulfide) groups is 1. The molecule has 0 aliphatic rings. The van der Waals surface area contributed by atoms with Gasteiger partial charge in [0.05, 0.1) is 20.0 Å². The topological polar surface area (TPSA) is 91.2 Å². The Labute approximate surface area is 173 Å². The highest BCUT2D eigenvalue weighted by atomic mass is 127. The van der Waals surface area contributed by atoms with Crippen LogP contribution in [0.5, 0.6) is 11.5 Å². The van der Waals surface area contributed by atoms with Gasteiger partial charge in [-0.15, -0.1) is 5.10 Å². The summed E-state index contributed by atoms with van der Waals surface area (Å²) < 4.78 is 13.2. The molecular formula is C17H16IN5O3S. The summed E-state index contributed by atoms with van der Waals surface area (Å²) in [4.78, 5) is 12.2. The predicted octanol–water partition coefficient (Wildman–Crippen LogP) is 3.01. The maximum atomic E-state index is 12.2. The molecule has 0 saturated heterocycles. The Bertz CT molecular complexity index is 950. The first-order valence-electron chi connectivity index (χ1n) is 7.79. The summed E-state index contributed by atoms with van der Waals surface area (Å²) in [5.41, 5.74) is 1.38. The number of carbonyl (C=O) groups excluding carboxylic acids is 1. The SMILES string of the molecule is COc1ccc(OC)c(-n2nnnc2SCC(=O)Nc2cccc(I)c2)c1. The Morgan fingerprint density at radius 1 is 1.22 bits per heavy atom. The number of hydrogen-bond acceptors (Lipinski definition) is 7. The molecule has 0 fully saturated rings. The van der Waals surface area contributed by atoms with Gasteiger partial charge in [-0.2, -0.15) is 4.68 Å². The second-order valence-corrected chi connectivity index (χ2v) is 7.45. The van der Waals surface area contributed by atoms with Gasteiger partial charge in [0.1, 0.15) is 17.2 Å². The van der Waals surface area contributed by atoms with Gasteiger partial charge in [-0.3, -0.25) is 4.79 Å². The minimum absolute atomic E-state index is 0.144. The van der Waals surface area contributed by atoms with Gasteiger partial charge in [0.15, 0.2) is 0 Å². The molecule has 8 nitrogen and oxygen atoms in total. The van der Waals surface area contributed by atoms with Crippen LogP contribution in [0.3, 0.4) is 0 Å². The number of ether oxygens (including phenoxy) is 2. The fraction of sp³-hybridized carbons (Fsp3) is 0.176. The van der Waals surface area contributed by atoms with Crippen molar-refractivity contribution in [2.45, 2.75) is 5.16 Å². The Kier molecular flexibility index (Phi) is 6.50. The number of rotatable bonds is 7. The van der Waals surface area contributed by atoms with Crippen molar-refractivity contribution in [1.82, 2.24) is 20.2 Å². The first-order valence-corrected chi connectivity index (χ1v) is 9.86. The highest BCUT2D eigenvalue weighted by Gasteiger charge is 2.16. The van der Waals surface area contributed by atoms with Crippen molar-refractivity contribution in [2.24, 2.45) is 0 Å². The minimum atomic E-state index is -0.144. The molecule has 0 saturated carbocycles. The molecule has 1 N–H and O–H groups in total. The van der Waals surface area contributed by atoms with Crippen LogP contribution in [-0.4, -0.2) is 46.1 Å². The van der Waals surface area contributed by atoms with E-state index in [1.807, 2.05) is 24.3 Å². The largest absolute Gasteiger partial charge is 0.497 e. The van der Waals surface area contributed by atoms with Gasteiger partial charge in [0, 0.05) is 15.3 Å². The van der Waals surface area contributed by atoms with Crippen LogP contribution in [0.1, 0.15) is 0 Å². The van der Waals surface area contributed by atoms with Crippen molar-refractivity contribution in [3.05, 3.63) is 46.0 Å². The van der Waals surface area contributed by atoms with Crippen LogP contribution >= 0.6 is 34.4 Å². The van der Waals surface area contributed by atoms with E-state index in [0.29, 0.717) is 22.3 Å². The number of amides is 1. The number of halogens is 1. The summed E-state index contributed by atoms with van der Waals surface area (Å²) in [6.45, 7) is 0. The van der Waals surface area contributed by atoms with E-state index in [4.69, 9.17) is 9.47 Å². The van der Waals surface area contributed by atoms with E-state index in [9.17, 15) is 4.79 Å². The number of nitrogens with one attached hydrogen (secondary N) is 1. The third kappa shape index (κ3) is 4.89. The fourth-order valence-corrected chi connectivity index (χ4v) is 3.50. The normalized spacial score (nSPS) is 10.5. The molecule has 2 aromatic carbocycles. The monoisotopic (exact) mass is 497 g/mol. The summed E-state index contributed by atoms with van der Waals surface area (Å²) in [6, 6.07) is 12.9. The molecule has 1 heterocycles. The third-order valence-electron chi connectivity index (χ3n) is 3.50. The van der Waals surface area contributed by atoms with E-state index in [2.05, 4.69) is 43.4 Å². The number of hydrogen-bond donors (Lipinski definition) is 1. The molecule has 1 amide bonds. The molecule has 3 aromatic rings. The van der Waals surface area contributed by atoms with E-state index in [1.165, 1.54) is 16.4 Å². The first kappa shape index (κ1) is 19.4. The fourth-order valence-electron chi connectivity index (χ4n) is 2.28. The molecule has 0 aliphatic carbocycles. The van der Waals surface area contributed by atoms with E-state index in [1.54, 1.807) is 32.4 Å². The number of nitrogens with zero attached hydrogens (tertiary/aromatic N) is 4. The maximum Gasteiger partial charge on any atom is 0.234 e. The highest BCUT2D eigenvalue weighted by Crippen LogP contribution is 2.29. The Morgan fingerprint density at radius 3 is 2.81 bits per heavy atom. The van der Waals surface area contributed by atoms with Crippen molar-refractivity contribution in [2.75, 3.05) is 25.3 Å². The molecule has 0 atom stereocenters. The number of anilines is 1. The molecule has 0 aliphatic heterocycles. The number of methoxy groups -OCH3 is 2. The van der Waals surface area contributed by atoms with Crippen LogP contribution in [0.2, 0.25) is 0 Å². The molecule has 0 bridgehead atoms. The zero-order valence-corrected chi connectivity index (χ0v) is 17.5. The lowest BCUT2D eigenvalue weighted by Gasteiger charge is -2.11. The Morgan fingerprint density at radius 2 is 2.07 bits per heavy atom. The van der Waals surface area contributed by atoms with E-state index < -0.39 is 0 Å². The van der Waals surface area contributed by atoms with Crippen LogP contribution in [-0.2, 0) is 4.79 Å². The smallest absolute Gasteiger partial charge is 0.234 e. The predicted molar refractivity (Wildman–Crippen MR) is 111 cm³/mol. The standard InChI is InChI=1S/C17H16IN5O3S/c1-25-13-6-7-15(26-2)14(9-13)23-17(20-21-22-23)27-10-16(24)19-12-5-3-4-11(18)8-12/h3-9H,10H2,1-2H3,(H,19,24). The second kappa shape index (κ2) is 9.04. The summed E-state index contributed by atoms with van der Waals surface area (Å²) >= 11 is 3.43.